The lowest BCUT2D eigenvalue weighted by molar-refractivity contribution is 0.101. The van der Waals surface area contributed by atoms with E-state index in [0.717, 1.165) is 24.9 Å². The van der Waals surface area contributed by atoms with Crippen molar-refractivity contribution in [2.75, 3.05) is 13.1 Å². The van der Waals surface area contributed by atoms with Crippen molar-refractivity contribution in [3.8, 4) is 5.75 Å². The summed E-state index contributed by atoms with van der Waals surface area (Å²) >= 11 is 6.08. The Bertz CT molecular complexity index is 681. The monoisotopic (exact) mass is 345 g/mol. The molecule has 1 unspecified atom stereocenters. The van der Waals surface area contributed by atoms with E-state index < -0.39 is 0 Å². The number of rotatable bonds is 4. The summed E-state index contributed by atoms with van der Waals surface area (Å²) in [4.78, 5) is 18.1. The first-order valence-electron chi connectivity index (χ1n) is 8.05. The Morgan fingerprint density at radius 2 is 2.17 bits per heavy atom. The number of nitrogens with one attached hydrogen (secondary N) is 1. The van der Waals surface area contributed by atoms with Crippen molar-refractivity contribution >= 4 is 17.6 Å². The van der Waals surface area contributed by atoms with Crippen LogP contribution in [0.1, 0.15) is 18.4 Å². The molecule has 1 atom stereocenters. The zero-order valence-corrected chi connectivity index (χ0v) is 14.1. The molecule has 0 radical (unpaired) electrons. The maximum atomic E-state index is 12.4. The summed E-state index contributed by atoms with van der Waals surface area (Å²) in [5.74, 6) is 0.614. The lowest BCUT2D eigenvalue weighted by Crippen LogP contribution is -2.48. The molecule has 0 spiro atoms. The number of likely N-dealkylation sites (tertiary alicyclic amines) is 1. The molecule has 2 heterocycles. The summed E-state index contributed by atoms with van der Waals surface area (Å²) < 4.78 is 5.94. The number of nitrogens with zero attached hydrogens (tertiary/aromatic N) is 2. The number of piperidine rings is 1. The lowest BCUT2D eigenvalue weighted by atomic mass is 10.1. The van der Waals surface area contributed by atoms with Crippen molar-refractivity contribution in [3.63, 3.8) is 0 Å². The molecular weight excluding hydrogens is 326 g/mol. The van der Waals surface area contributed by atoms with E-state index in [-0.39, 0.29) is 12.1 Å². The van der Waals surface area contributed by atoms with Gasteiger partial charge in [-0.3, -0.25) is 4.98 Å². The molecule has 24 heavy (non-hydrogen) atoms. The highest BCUT2D eigenvalue weighted by Crippen LogP contribution is 2.25. The molecular formula is C18H20ClN3O2. The number of hydrogen-bond acceptors (Lipinski definition) is 3. The number of amides is 2. The topological polar surface area (TPSA) is 54.5 Å². The molecule has 1 aromatic carbocycles. The summed E-state index contributed by atoms with van der Waals surface area (Å²) in [5.41, 5.74) is 1.08. The highest BCUT2D eigenvalue weighted by Gasteiger charge is 2.25. The Balaban J connectivity index is 1.53. The van der Waals surface area contributed by atoms with Crippen LogP contribution in [0.4, 0.5) is 4.79 Å². The Labute approximate surface area is 146 Å². The van der Waals surface area contributed by atoms with Crippen LogP contribution in [0.3, 0.4) is 0 Å². The van der Waals surface area contributed by atoms with Crippen molar-refractivity contribution in [2.24, 2.45) is 0 Å². The van der Waals surface area contributed by atoms with Crippen LogP contribution in [0.2, 0.25) is 5.02 Å². The van der Waals surface area contributed by atoms with Gasteiger partial charge in [-0.2, -0.15) is 0 Å². The normalized spacial score (nSPS) is 17.4. The first-order valence-corrected chi connectivity index (χ1v) is 8.43. The minimum Gasteiger partial charge on any atom is -0.487 e. The summed E-state index contributed by atoms with van der Waals surface area (Å²) in [6, 6.07) is 11.6. The van der Waals surface area contributed by atoms with Crippen molar-refractivity contribution in [2.45, 2.75) is 25.5 Å². The highest BCUT2D eigenvalue weighted by atomic mass is 35.5. The number of aromatic nitrogens is 1. The third-order valence-electron chi connectivity index (χ3n) is 3.98. The van der Waals surface area contributed by atoms with E-state index in [1.165, 1.54) is 0 Å². The zero-order chi connectivity index (χ0) is 16.8. The number of carbonyl (C=O) groups is 1. The Morgan fingerprint density at radius 3 is 2.96 bits per heavy atom. The molecule has 5 nitrogen and oxygen atoms in total. The summed E-state index contributed by atoms with van der Waals surface area (Å²) in [6.45, 7) is 1.82. The molecule has 2 amide bonds. The molecule has 1 saturated heterocycles. The third-order valence-corrected chi connectivity index (χ3v) is 4.26. The predicted octanol–water partition coefficient (Wildman–Crippen LogP) is 3.49. The third kappa shape index (κ3) is 4.38. The van der Waals surface area contributed by atoms with Crippen LogP contribution in [-0.4, -0.2) is 35.1 Å². The second kappa shape index (κ2) is 8.02. The van der Waals surface area contributed by atoms with Crippen molar-refractivity contribution in [3.05, 3.63) is 59.4 Å². The fraction of sp³-hybridized carbons (Fsp3) is 0.333. The van der Waals surface area contributed by atoms with E-state index >= 15 is 0 Å². The lowest BCUT2D eigenvalue weighted by Gasteiger charge is -2.33. The van der Waals surface area contributed by atoms with Crippen molar-refractivity contribution in [1.29, 1.82) is 0 Å². The van der Waals surface area contributed by atoms with E-state index in [2.05, 4.69) is 10.3 Å². The van der Waals surface area contributed by atoms with Crippen LogP contribution in [0, 0.1) is 0 Å². The average molecular weight is 346 g/mol. The van der Waals surface area contributed by atoms with Crippen molar-refractivity contribution in [1.82, 2.24) is 15.2 Å². The van der Waals surface area contributed by atoms with Gasteiger partial charge in [-0.25, -0.2) is 4.79 Å². The van der Waals surface area contributed by atoms with Crippen LogP contribution >= 0.6 is 11.6 Å². The van der Waals surface area contributed by atoms with Gasteiger partial charge in [0.2, 0.25) is 0 Å². The molecule has 126 valence electrons. The second-order valence-corrected chi connectivity index (χ2v) is 6.19. The maximum absolute atomic E-state index is 12.4. The molecule has 1 fully saturated rings. The number of halogens is 1. The number of ether oxygens (including phenoxy) is 1. The smallest absolute Gasteiger partial charge is 0.317 e. The molecule has 0 saturated carbocycles. The standard InChI is InChI=1S/C18H20ClN3O2/c19-16-12-20-9-8-17(16)24-15-7-4-10-22(13-15)18(23)21-11-14-5-2-1-3-6-14/h1-3,5-6,8-9,12,15H,4,7,10-11,13H2,(H,21,23). The largest absolute Gasteiger partial charge is 0.487 e. The molecule has 1 aliphatic rings. The number of urea groups is 1. The Hall–Kier alpha value is -2.27. The van der Waals surface area contributed by atoms with Gasteiger partial charge in [-0.15, -0.1) is 0 Å². The molecule has 1 aliphatic heterocycles. The van der Waals surface area contributed by atoms with Gasteiger partial charge < -0.3 is 15.0 Å². The number of benzene rings is 1. The first-order chi connectivity index (χ1) is 11.7. The van der Waals surface area contributed by atoms with E-state index in [9.17, 15) is 4.79 Å². The SMILES string of the molecule is O=C(NCc1ccccc1)N1CCCC(Oc2ccncc2Cl)C1. The number of pyridine rings is 1. The quantitative estimate of drug-likeness (QED) is 0.922. The van der Waals surface area contributed by atoms with Gasteiger partial charge in [0, 0.05) is 31.5 Å². The summed E-state index contributed by atoms with van der Waals surface area (Å²) in [6.07, 6.45) is 4.97. The second-order valence-electron chi connectivity index (χ2n) is 5.78. The fourth-order valence-electron chi connectivity index (χ4n) is 2.74. The number of carbonyl (C=O) groups excluding carboxylic acids is 1. The van der Waals surface area contributed by atoms with E-state index in [4.69, 9.17) is 16.3 Å². The van der Waals surface area contributed by atoms with E-state index in [0.29, 0.717) is 23.9 Å². The van der Waals surface area contributed by atoms with Crippen LogP contribution < -0.4 is 10.1 Å². The van der Waals surface area contributed by atoms with E-state index in [1.807, 2.05) is 30.3 Å². The summed E-state index contributed by atoms with van der Waals surface area (Å²) in [5, 5.41) is 3.45. The summed E-state index contributed by atoms with van der Waals surface area (Å²) in [7, 11) is 0. The van der Waals surface area contributed by atoms with Crippen molar-refractivity contribution < 1.29 is 9.53 Å². The van der Waals surface area contributed by atoms with Gasteiger partial charge in [0.25, 0.3) is 0 Å². The van der Waals surface area contributed by atoms with Crippen LogP contribution in [0.5, 0.6) is 5.75 Å². The molecule has 2 aromatic rings. The maximum Gasteiger partial charge on any atom is 0.317 e. The Kier molecular flexibility index (Phi) is 5.54. The van der Waals surface area contributed by atoms with Gasteiger partial charge in [0.15, 0.2) is 0 Å². The first kappa shape index (κ1) is 16.6. The molecule has 6 heteroatoms. The fourth-order valence-corrected chi connectivity index (χ4v) is 2.91. The van der Waals surface area contributed by atoms with E-state index in [1.54, 1.807) is 23.4 Å². The van der Waals surface area contributed by atoms with Gasteiger partial charge in [0.05, 0.1) is 6.54 Å². The van der Waals surface area contributed by atoms with Gasteiger partial charge in [-0.05, 0) is 18.4 Å². The van der Waals surface area contributed by atoms with Gasteiger partial charge in [-0.1, -0.05) is 41.9 Å². The van der Waals surface area contributed by atoms with Crippen LogP contribution in [0.25, 0.3) is 0 Å². The predicted molar refractivity (Wildman–Crippen MR) is 93.1 cm³/mol. The minimum absolute atomic E-state index is 0.0545. The average Bonchev–Trinajstić information content (AvgIpc) is 2.63. The minimum atomic E-state index is -0.0621. The molecule has 1 N–H and O–H groups in total. The molecule has 1 aromatic heterocycles. The van der Waals surface area contributed by atoms with Crippen LogP contribution in [0.15, 0.2) is 48.8 Å². The van der Waals surface area contributed by atoms with Gasteiger partial charge >= 0.3 is 6.03 Å². The molecule has 3 rings (SSSR count). The Morgan fingerprint density at radius 1 is 1.33 bits per heavy atom. The van der Waals surface area contributed by atoms with Gasteiger partial charge in [0.1, 0.15) is 16.9 Å². The molecule has 0 bridgehead atoms. The highest BCUT2D eigenvalue weighted by molar-refractivity contribution is 6.31. The zero-order valence-electron chi connectivity index (χ0n) is 13.3. The molecule has 0 aliphatic carbocycles. The number of hydrogen-bond donors (Lipinski definition) is 1. The van der Waals surface area contributed by atoms with Crippen LogP contribution in [-0.2, 0) is 6.54 Å².